The maximum absolute atomic E-state index is 13.8. The quantitative estimate of drug-likeness (QED) is 0.372. The van der Waals surface area contributed by atoms with E-state index in [1.54, 1.807) is 48.7 Å². The van der Waals surface area contributed by atoms with Crippen molar-refractivity contribution >= 4 is 23.2 Å². The largest absolute Gasteiger partial charge is 0.496 e. The Morgan fingerprint density at radius 3 is 2.38 bits per heavy atom. The highest BCUT2D eigenvalue weighted by Gasteiger charge is 2.34. The minimum Gasteiger partial charge on any atom is -0.496 e. The van der Waals surface area contributed by atoms with E-state index in [1.165, 1.54) is 4.88 Å². The Bertz CT molecular complexity index is 1220. The molecule has 0 N–H and O–H groups in total. The summed E-state index contributed by atoms with van der Waals surface area (Å²) in [6, 6.07) is 16.4. The lowest BCUT2D eigenvalue weighted by Gasteiger charge is -2.37. The zero-order valence-corrected chi connectivity index (χ0v) is 22.6. The fourth-order valence-corrected chi connectivity index (χ4v) is 5.62. The summed E-state index contributed by atoms with van der Waals surface area (Å²) >= 11 is 1.70. The second-order valence-corrected chi connectivity index (χ2v) is 10.4. The van der Waals surface area contributed by atoms with Crippen LogP contribution in [0.4, 0.5) is 0 Å². The molecule has 0 spiro atoms. The van der Waals surface area contributed by atoms with Gasteiger partial charge in [0.1, 0.15) is 18.9 Å². The maximum Gasteiger partial charge on any atom is 0.258 e. The molecule has 2 heterocycles. The van der Waals surface area contributed by atoms with Crippen molar-refractivity contribution in [3.63, 3.8) is 0 Å². The number of carbonyl (C=O) groups excluding carboxylic acids is 2. The zero-order chi connectivity index (χ0) is 26.4. The van der Waals surface area contributed by atoms with Crippen LogP contribution in [0.3, 0.4) is 0 Å². The van der Waals surface area contributed by atoms with E-state index >= 15 is 0 Å². The van der Waals surface area contributed by atoms with Gasteiger partial charge in [-0.1, -0.05) is 38.1 Å². The van der Waals surface area contributed by atoms with Crippen LogP contribution in [-0.4, -0.2) is 62.1 Å². The smallest absolute Gasteiger partial charge is 0.258 e. The molecule has 1 aliphatic rings. The van der Waals surface area contributed by atoms with Crippen LogP contribution in [0.15, 0.2) is 60.0 Å². The molecule has 2 amide bonds. The van der Waals surface area contributed by atoms with Crippen molar-refractivity contribution in [1.82, 2.24) is 9.80 Å². The van der Waals surface area contributed by atoms with E-state index in [0.29, 0.717) is 42.5 Å². The Morgan fingerprint density at radius 2 is 1.68 bits per heavy atom. The fourth-order valence-electron chi connectivity index (χ4n) is 4.69. The number of amides is 2. The SMILES string of the molecule is COc1ccccc1OCC1c2ccsc2CCN1C(=O)CN(CC(C)C)C(=O)c1ccccc1OC. The van der Waals surface area contributed by atoms with Crippen LogP contribution in [-0.2, 0) is 11.2 Å². The highest BCUT2D eigenvalue weighted by Crippen LogP contribution is 2.35. The van der Waals surface area contributed by atoms with Crippen molar-refractivity contribution < 1.29 is 23.8 Å². The van der Waals surface area contributed by atoms with Gasteiger partial charge >= 0.3 is 0 Å². The number of fused-ring (bicyclic) bond motifs is 1. The van der Waals surface area contributed by atoms with Gasteiger partial charge in [0.05, 0.1) is 25.8 Å². The Kier molecular flexibility index (Phi) is 8.71. The van der Waals surface area contributed by atoms with Gasteiger partial charge in [0.25, 0.3) is 5.91 Å². The van der Waals surface area contributed by atoms with E-state index in [0.717, 1.165) is 12.0 Å². The van der Waals surface area contributed by atoms with E-state index in [-0.39, 0.29) is 30.3 Å². The van der Waals surface area contributed by atoms with Gasteiger partial charge in [0.15, 0.2) is 11.5 Å². The molecule has 7 nitrogen and oxygen atoms in total. The molecule has 2 aromatic carbocycles. The Labute approximate surface area is 222 Å². The minimum absolute atomic E-state index is 0.0142. The van der Waals surface area contributed by atoms with Gasteiger partial charge in [-0.05, 0) is 53.6 Å². The van der Waals surface area contributed by atoms with Crippen LogP contribution in [0.25, 0.3) is 0 Å². The summed E-state index contributed by atoms with van der Waals surface area (Å²) < 4.78 is 17.0. The molecule has 1 unspecified atom stereocenters. The number of para-hydroxylation sites is 3. The fraction of sp³-hybridized carbons (Fsp3) is 0.379. The molecule has 196 valence electrons. The summed E-state index contributed by atoms with van der Waals surface area (Å²) in [5.41, 5.74) is 1.55. The average Bonchev–Trinajstić information content (AvgIpc) is 3.40. The lowest BCUT2D eigenvalue weighted by Crippen LogP contribution is -2.48. The number of rotatable bonds is 10. The second kappa shape index (κ2) is 12.1. The summed E-state index contributed by atoms with van der Waals surface area (Å²) in [6.07, 6.45) is 0.786. The molecule has 1 aromatic heterocycles. The third-order valence-electron chi connectivity index (χ3n) is 6.42. The monoisotopic (exact) mass is 522 g/mol. The van der Waals surface area contributed by atoms with Crippen molar-refractivity contribution in [2.24, 2.45) is 5.92 Å². The molecule has 4 rings (SSSR count). The van der Waals surface area contributed by atoms with E-state index in [2.05, 4.69) is 11.4 Å². The van der Waals surface area contributed by atoms with Crippen molar-refractivity contribution in [1.29, 1.82) is 0 Å². The lowest BCUT2D eigenvalue weighted by molar-refractivity contribution is -0.135. The van der Waals surface area contributed by atoms with Gasteiger partial charge in [-0.15, -0.1) is 11.3 Å². The summed E-state index contributed by atoms with van der Waals surface area (Å²) in [6.45, 7) is 5.39. The molecule has 37 heavy (non-hydrogen) atoms. The van der Waals surface area contributed by atoms with Crippen LogP contribution in [0, 0.1) is 5.92 Å². The molecule has 1 aliphatic heterocycles. The number of methoxy groups -OCH3 is 2. The second-order valence-electron chi connectivity index (χ2n) is 9.39. The predicted molar refractivity (Wildman–Crippen MR) is 145 cm³/mol. The molecule has 0 saturated heterocycles. The Balaban J connectivity index is 1.56. The third kappa shape index (κ3) is 6.07. The van der Waals surface area contributed by atoms with Gasteiger partial charge in [-0.2, -0.15) is 0 Å². The standard InChI is InChI=1S/C29H34N2O5S/c1-20(2)17-30(29(33)22-9-5-6-10-24(22)34-3)18-28(32)31-15-13-27-21(14-16-37-27)23(31)19-36-26-12-8-7-11-25(26)35-4/h5-12,14,16,20,23H,13,15,17-19H2,1-4H3. The number of hydrogen-bond acceptors (Lipinski definition) is 6. The molecule has 0 aliphatic carbocycles. The van der Waals surface area contributed by atoms with Crippen LogP contribution in [0.1, 0.15) is 40.7 Å². The minimum atomic E-state index is -0.255. The first-order valence-corrected chi connectivity index (χ1v) is 13.3. The Hall–Kier alpha value is -3.52. The van der Waals surface area contributed by atoms with Gasteiger partial charge in [0.2, 0.25) is 5.91 Å². The molecule has 1 atom stereocenters. The molecule has 0 saturated carbocycles. The van der Waals surface area contributed by atoms with Crippen molar-refractivity contribution in [2.45, 2.75) is 26.3 Å². The van der Waals surface area contributed by atoms with Gasteiger partial charge in [-0.3, -0.25) is 9.59 Å². The van der Waals surface area contributed by atoms with Gasteiger partial charge < -0.3 is 24.0 Å². The number of benzene rings is 2. The lowest BCUT2D eigenvalue weighted by atomic mass is 10.00. The van der Waals surface area contributed by atoms with Crippen molar-refractivity contribution in [2.75, 3.05) is 40.5 Å². The summed E-state index contributed by atoms with van der Waals surface area (Å²) in [5.74, 6) is 1.65. The molecule has 8 heteroatoms. The summed E-state index contributed by atoms with van der Waals surface area (Å²) in [5, 5.41) is 2.06. The van der Waals surface area contributed by atoms with Crippen LogP contribution in [0.2, 0.25) is 0 Å². The first-order valence-electron chi connectivity index (χ1n) is 12.5. The van der Waals surface area contributed by atoms with E-state index < -0.39 is 0 Å². The summed E-state index contributed by atoms with van der Waals surface area (Å²) in [7, 11) is 3.15. The number of hydrogen-bond donors (Lipinski definition) is 0. The summed E-state index contributed by atoms with van der Waals surface area (Å²) in [4.78, 5) is 32.1. The highest BCUT2D eigenvalue weighted by atomic mass is 32.1. The van der Waals surface area contributed by atoms with E-state index in [4.69, 9.17) is 14.2 Å². The first kappa shape index (κ1) is 26.5. The molecular weight excluding hydrogens is 488 g/mol. The number of carbonyl (C=O) groups is 2. The van der Waals surface area contributed by atoms with E-state index in [9.17, 15) is 9.59 Å². The first-order chi connectivity index (χ1) is 17.9. The zero-order valence-electron chi connectivity index (χ0n) is 21.8. The predicted octanol–water partition coefficient (Wildman–Crippen LogP) is 5.07. The van der Waals surface area contributed by atoms with Crippen molar-refractivity contribution in [3.05, 3.63) is 76.0 Å². The average molecular weight is 523 g/mol. The number of ether oxygens (including phenoxy) is 3. The van der Waals surface area contributed by atoms with E-state index in [1.807, 2.05) is 49.1 Å². The molecule has 0 fully saturated rings. The molecule has 0 bridgehead atoms. The highest BCUT2D eigenvalue weighted by molar-refractivity contribution is 7.10. The van der Waals surface area contributed by atoms with Gasteiger partial charge in [0, 0.05) is 18.0 Å². The molecular formula is C29H34N2O5S. The Morgan fingerprint density at radius 1 is 1.00 bits per heavy atom. The number of nitrogens with zero attached hydrogens (tertiary/aromatic N) is 2. The van der Waals surface area contributed by atoms with Crippen LogP contribution in [0.5, 0.6) is 17.2 Å². The maximum atomic E-state index is 13.8. The van der Waals surface area contributed by atoms with Crippen LogP contribution >= 0.6 is 11.3 Å². The topological polar surface area (TPSA) is 68.3 Å². The van der Waals surface area contributed by atoms with Crippen molar-refractivity contribution in [3.8, 4) is 17.2 Å². The number of thiophene rings is 1. The molecule has 0 radical (unpaired) electrons. The third-order valence-corrected chi connectivity index (χ3v) is 7.41. The van der Waals surface area contributed by atoms with Crippen LogP contribution < -0.4 is 14.2 Å². The molecule has 3 aromatic rings. The normalized spacial score (nSPS) is 14.7. The van der Waals surface area contributed by atoms with Gasteiger partial charge in [-0.25, -0.2) is 0 Å².